The summed E-state index contributed by atoms with van der Waals surface area (Å²) in [5.41, 5.74) is 0.924. The first kappa shape index (κ1) is 12.5. The summed E-state index contributed by atoms with van der Waals surface area (Å²) in [4.78, 5) is 21.3. The predicted octanol–water partition coefficient (Wildman–Crippen LogP) is 1.33. The van der Waals surface area contributed by atoms with Crippen LogP contribution in [-0.4, -0.2) is 23.7 Å². The van der Waals surface area contributed by atoms with Crippen molar-refractivity contribution in [1.82, 2.24) is 10.6 Å². The molecule has 3 N–H and O–H groups in total. The van der Waals surface area contributed by atoms with E-state index in [2.05, 4.69) is 26.6 Å². The van der Waals surface area contributed by atoms with Gasteiger partial charge in [-0.3, -0.25) is 4.79 Å². The summed E-state index contributed by atoms with van der Waals surface area (Å²) in [5, 5.41) is 13.1. The van der Waals surface area contributed by atoms with Gasteiger partial charge in [0.25, 0.3) is 0 Å². The maximum absolute atomic E-state index is 11.1. The molecule has 0 spiro atoms. The highest BCUT2D eigenvalue weighted by molar-refractivity contribution is 9.10. The Labute approximate surface area is 101 Å². The number of benzene rings is 1. The summed E-state index contributed by atoms with van der Waals surface area (Å²) < 4.78 is 0.897. The number of nitrogens with one attached hydrogen (secondary N) is 2. The van der Waals surface area contributed by atoms with Gasteiger partial charge in [-0.1, -0.05) is 34.1 Å². The Bertz CT molecular complexity index is 395. The van der Waals surface area contributed by atoms with Crippen LogP contribution >= 0.6 is 15.9 Å². The number of aliphatic carboxylic acids is 1. The summed E-state index contributed by atoms with van der Waals surface area (Å²) in [6.45, 7) is -0.0470. The van der Waals surface area contributed by atoms with Crippen molar-refractivity contribution in [3.8, 4) is 0 Å². The Morgan fingerprint density at radius 3 is 2.56 bits per heavy atom. The van der Waals surface area contributed by atoms with Gasteiger partial charge in [-0.15, -0.1) is 0 Å². The van der Waals surface area contributed by atoms with Crippen molar-refractivity contribution in [2.45, 2.75) is 6.54 Å². The van der Waals surface area contributed by atoms with Crippen molar-refractivity contribution in [3.63, 3.8) is 0 Å². The molecule has 6 heteroatoms. The summed E-state index contributed by atoms with van der Waals surface area (Å²) in [5.74, 6) is -1.07. The summed E-state index contributed by atoms with van der Waals surface area (Å²) in [7, 11) is 0. The quantitative estimate of drug-likeness (QED) is 0.781. The first-order valence-electron chi connectivity index (χ1n) is 4.56. The van der Waals surface area contributed by atoms with Gasteiger partial charge in [0.05, 0.1) is 0 Å². The van der Waals surface area contributed by atoms with Crippen molar-refractivity contribution in [1.29, 1.82) is 0 Å². The molecule has 0 aliphatic heterocycles. The third kappa shape index (κ3) is 4.31. The minimum atomic E-state index is -1.07. The maximum Gasteiger partial charge on any atom is 0.323 e. The lowest BCUT2D eigenvalue weighted by molar-refractivity contribution is -0.135. The molecular formula is C10H11BrN2O3. The Kier molecular flexibility index (Phi) is 4.78. The zero-order valence-electron chi connectivity index (χ0n) is 8.37. The van der Waals surface area contributed by atoms with Crippen LogP contribution in [0.5, 0.6) is 0 Å². The Hall–Kier alpha value is -1.56. The van der Waals surface area contributed by atoms with Gasteiger partial charge in [0.1, 0.15) is 6.54 Å². The van der Waals surface area contributed by atoms with E-state index in [0.717, 1.165) is 10.0 Å². The highest BCUT2D eigenvalue weighted by atomic mass is 79.9. The molecule has 0 unspecified atom stereocenters. The average Bonchev–Trinajstić information content (AvgIpc) is 2.25. The zero-order valence-corrected chi connectivity index (χ0v) is 9.95. The number of urea groups is 1. The molecule has 16 heavy (non-hydrogen) atoms. The molecule has 0 heterocycles. The number of carboxylic acid groups (broad SMARTS) is 1. The fourth-order valence-corrected chi connectivity index (χ4v) is 1.46. The largest absolute Gasteiger partial charge is 0.480 e. The van der Waals surface area contributed by atoms with E-state index in [4.69, 9.17) is 5.11 Å². The minimum Gasteiger partial charge on any atom is -0.480 e. The van der Waals surface area contributed by atoms with Crippen LogP contribution in [0.25, 0.3) is 0 Å². The van der Waals surface area contributed by atoms with Gasteiger partial charge >= 0.3 is 12.0 Å². The van der Waals surface area contributed by atoms with Gasteiger partial charge in [-0.05, 0) is 11.6 Å². The normalized spacial score (nSPS) is 9.56. The molecule has 0 atom stereocenters. The molecule has 0 fully saturated rings. The SMILES string of the molecule is O=C(O)CNC(=O)NCc1ccccc1Br. The molecule has 0 aliphatic rings. The molecule has 1 aromatic carbocycles. The molecule has 0 radical (unpaired) electrons. The molecular weight excluding hydrogens is 276 g/mol. The molecule has 0 bridgehead atoms. The lowest BCUT2D eigenvalue weighted by atomic mass is 10.2. The molecule has 0 saturated carbocycles. The van der Waals surface area contributed by atoms with Crippen molar-refractivity contribution in [3.05, 3.63) is 34.3 Å². The molecule has 2 amide bonds. The van der Waals surface area contributed by atoms with E-state index in [9.17, 15) is 9.59 Å². The van der Waals surface area contributed by atoms with E-state index in [-0.39, 0.29) is 6.54 Å². The first-order chi connectivity index (χ1) is 7.59. The Morgan fingerprint density at radius 1 is 1.25 bits per heavy atom. The van der Waals surface area contributed by atoms with Crippen molar-refractivity contribution < 1.29 is 14.7 Å². The molecule has 5 nitrogen and oxygen atoms in total. The molecule has 0 aliphatic carbocycles. The van der Waals surface area contributed by atoms with Crippen molar-refractivity contribution in [2.75, 3.05) is 6.54 Å². The van der Waals surface area contributed by atoms with Crippen molar-refractivity contribution >= 4 is 27.9 Å². The van der Waals surface area contributed by atoms with Crippen LogP contribution in [0.3, 0.4) is 0 Å². The lowest BCUT2D eigenvalue weighted by Crippen LogP contribution is -2.38. The smallest absolute Gasteiger partial charge is 0.323 e. The number of carbonyl (C=O) groups is 2. The minimum absolute atomic E-state index is 0.340. The van der Waals surface area contributed by atoms with E-state index in [1.54, 1.807) is 0 Å². The summed E-state index contributed by atoms with van der Waals surface area (Å²) in [6.07, 6.45) is 0. The zero-order chi connectivity index (χ0) is 12.0. The van der Waals surface area contributed by atoms with E-state index in [1.165, 1.54) is 0 Å². The Morgan fingerprint density at radius 2 is 1.94 bits per heavy atom. The molecule has 1 rings (SSSR count). The highest BCUT2D eigenvalue weighted by Gasteiger charge is 2.04. The van der Waals surface area contributed by atoms with Gasteiger partial charge in [0.15, 0.2) is 0 Å². The summed E-state index contributed by atoms with van der Waals surface area (Å²) in [6, 6.07) is 6.96. The van der Waals surface area contributed by atoms with Crippen LogP contribution < -0.4 is 10.6 Å². The highest BCUT2D eigenvalue weighted by Crippen LogP contribution is 2.14. The second-order valence-corrected chi connectivity index (χ2v) is 3.88. The average molecular weight is 287 g/mol. The van der Waals surface area contributed by atoms with E-state index < -0.39 is 12.0 Å². The Balaban J connectivity index is 2.37. The molecule has 1 aromatic rings. The topological polar surface area (TPSA) is 78.4 Å². The van der Waals surface area contributed by atoms with Gasteiger partial charge < -0.3 is 15.7 Å². The number of amides is 2. The standard InChI is InChI=1S/C10H11BrN2O3/c11-8-4-2-1-3-7(8)5-12-10(16)13-6-9(14)15/h1-4H,5-6H2,(H,14,15)(H2,12,13,16). The lowest BCUT2D eigenvalue weighted by Gasteiger charge is -2.07. The number of carboxylic acids is 1. The second kappa shape index (κ2) is 6.12. The summed E-state index contributed by atoms with van der Waals surface area (Å²) >= 11 is 3.34. The molecule has 0 aromatic heterocycles. The van der Waals surface area contributed by atoms with E-state index >= 15 is 0 Å². The van der Waals surface area contributed by atoms with Crippen LogP contribution in [0.15, 0.2) is 28.7 Å². The molecule has 86 valence electrons. The number of rotatable bonds is 4. The van der Waals surface area contributed by atoms with Crippen LogP contribution in [0.1, 0.15) is 5.56 Å². The van der Waals surface area contributed by atoms with Gasteiger partial charge in [0.2, 0.25) is 0 Å². The number of halogens is 1. The van der Waals surface area contributed by atoms with Crippen LogP contribution in [0.2, 0.25) is 0 Å². The third-order valence-corrected chi connectivity index (χ3v) is 2.57. The van der Waals surface area contributed by atoms with Gasteiger partial charge in [-0.25, -0.2) is 4.79 Å². The number of hydrogen-bond acceptors (Lipinski definition) is 2. The monoisotopic (exact) mass is 286 g/mol. The fourth-order valence-electron chi connectivity index (χ4n) is 1.04. The molecule has 0 saturated heterocycles. The van der Waals surface area contributed by atoms with Crippen molar-refractivity contribution in [2.24, 2.45) is 0 Å². The van der Waals surface area contributed by atoms with Crippen LogP contribution in [-0.2, 0) is 11.3 Å². The van der Waals surface area contributed by atoms with E-state index in [1.807, 2.05) is 24.3 Å². The van der Waals surface area contributed by atoms with Gasteiger partial charge in [0, 0.05) is 11.0 Å². The number of hydrogen-bond donors (Lipinski definition) is 3. The third-order valence-electron chi connectivity index (χ3n) is 1.80. The van der Waals surface area contributed by atoms with Crippen LogP contribution in [0, 0.1) is 0 Å². The predicted molar refractivity (Wildman–Crippen MR) is 62.0 cm³/mol. The fraction of sp³-hybridized carbons (Fsp3) is 0.200. The second-order valence-electron chi connectivity index (χ2n) is 3.02. The maximum atomic E-state index is 11.1. The van der Waals surface area contributed by atoms with Gasteiger partial charge in [-0.2, -0.15) is 0 Å². The first-order valence-corrected chi connectivity index (χ1v) is 5.36. The van der Waals surface area contributed by atoms with E-state index in [0.29, 0.717) is 6.54 Å². The number of carbonyl (C=O) groups excluding carboxylic acids is 1. The van der Waals surface area contributed by atoms with Crippen LogP contribution in [0.4, 0.5) is 4.79 Å².